The van der Waals surface area contributed by atoms with Gasteiger partial charge in [-0.15, -0.1) is 6.42 Å². The summed E-state index contributed by atoms with van der Waals surface area (Å²) in [5.74, 6) is 2.33. The summed E-state index contributed by atoms with van der Waals surface area (Å²) in [4.78, 5) is 0. The van der Waals surface area contributed by atoms with E-state index in [0.29, 0.717) is 6.42 Å². The lowest BCUT2D eigenvalue weighted by Crippen LogP contribution is -2.07. The number of aliphatic hydroxyl groups is 1. The molecule has 0 aliphatic heterocycles. The maximum Gasteiger partial charge on any atom is 0.118 e. The summed E-state index contributed by atoms with van der Waals surface area (Å²) in [7, 11) is 0. The molecule has 1 N–H and O–H groups in total. The van der Waals surface area contributed by atoms with Crippen molar-refractivity contribution in [3.05, 3.63) is 58.6 Å². The van der Waals surface area contributed by atoms with Crippen molar-refractivity contribution in [1.29, 1.82) is 0 Å². The van der Waals surface area contributed by atoms with E-state index in [1.165, 1.54) is 0 Å². The SMILES string of the molecule is C#CC(O)Cc1ccc(-c2ccc(Cl)cc2)cc1C. The molecule has 0 amide bonds. The quantitative estimate of drug-likeness (QED) is 0.840. The zero-order valence-electron chi connectivity index (χ0n) is 10.7. The highest BCUT2D eigenvalue weighted by Gasteiger charge is 2.06. The number of halogens is 1. The lowest BCUT2D eigenvalue weighted by Gasteiger charge is -2.10. The molecule has 0 heterocycles. The van der Waals surface area contributed by atoms with Gasteiger partial charge in [0, 0.05) is 11.4 Å². The minimum Gasteiger partial charge on any atom is -0.380 e. The number of hydrogen-bond donors (Lipinski definition) is 1. The Morgan fingerprint density at radius 3 is 2.37 bits per heavy atom. The van der Waals surface area contributed by atoms with Gasteiger partial charge < -0.3 is 5.11 Å². The van der Waals surface area contributed by atoms with Crippen LogP contribution in [0.3, 0.4) is 0 Å². The number of terminal acetylenes is 1. The fourth-order valence-corrected chi connectivity index (χ4v) is 2.14. The van der Waals surface area contributed by atoms with Crippen LogP contribution in [0.5, 0.6) is 0 Å². The van der Waals surface area contributed by atoms with Gasteiger partial charge in [-0.25, -0.2) is 0 Å². The van der Waals surface area contributed by atoms with Gasteiger partial charge in [0.1, 0.15) is 6.10 Å². The van der Waals surface area contributed by atoms with E-state index < -0.39 is 6.10 Å². The Balaban J connectivity index is 2.28. The maximum atomic E-state index is 9.50. The number of rotatable bonds is 3. The van der Waals surface area contributed by atoms with Gasteiger partial charge in [0.05, 0.1) is 0 Å². The summed E-state index contributed by atoms with van der Waals surface area (Å²) in [6.07, 6.45) is 4.96. The zero-order valence-corrected chi connectivity index (χ0v) is 11.5. The molecule has 0 bridgehead atoms. The predicted octanol–water partition coefficient (Wildman–Crippen LogP) is 3.85. The van der Waals surface area contributed by atoms with Crippen molar-refractivity contribution in [2.75, 3.05) is 0 Å². The smallest absolute Gasteiger partial charge is 0.118 e. The first kappa shape index (κ1) is 13.7. The number of aryl methyl sites for hydroxylation is 1. The molecule has 0 spiro atoms. The minimum atomic E-state index is -0.722. The summed E-state index contributed by atoms with van der Waals surface area (Å²) in [6.45, 7) is 2.03. The molecule has 19 heavy (non-hydrogen) atoms. The third-order valence-electron chi connectivity index (χ3n) is 3.13. The second-order valence-corrected chi connectivity index (χ2v) is 4.97. The highest BCUT2D eigenvalue weighted by molar-refractivity contribution is 6.30. The van der Waals surface area contributed by atoms with Gasteiger partial charge >= 0.3 is 0 Å². The van der Waals surface area contributed by atoms with Gasteiger partial charge in [-0.1, -0.05) is 47.9 Å². The highest BCUT2D eigenvalue weighted by Crippen LogP contribution is 2.24. The number of aliphatic hydroxyl groups excluding tert-OH is 1. The van der Waals surface area contributed by atoms with Crippen LogP contribution in [-0.2, 0) is 6.42 Å². The van der Waals surface area contributed by atoms with Gasteiger partial charge in [-0.05, 0) is 41.3 Å². The molecule has 2 rings (SSSR count). The van der Waals surface area contributed by atoms with E-state index in [2.05, 4.69) is 12.0 Å². The molecule has 0 aliphatic rings. The van der Waals surface area contributed by atoms with E-state index >= 15 is 0 Å². The molecule has 2 aromatic carbocycles. The van der Waals surface area contributed by atoms with E-state index in [4.69, 9.17) is 18.0 Å². The molecule has 1 atom stereocenters. The largest absolute Gasteiger partial charge is 0.380 e. The zero-order chi connectivity index (χ0) is 13.8. The van der Waals surface area contributed by atoms with Gasteiger partial charge in [0.2, 0.25) is 0 Å². The Kier molecular flexibility index (Phi) is 4.27. The monoisotopic (exact) mass is 270 g/mol. The summed E-state index contributed by atoms with van der Waals surface area (Å²) in [5.41, 5.74) is 4.45. The van der Waals surface area contributed by atoms with Crippen molar-refractivity contribution in [1.82, 2.24) is 0 Å². The van der Waals surface area contributed by atoms with Gasteiger partial charge in [0.25, 0.3) is 0 Å². The summed E-state index contributed by atoms with van der Waals surface area (Å²) in [6, 6.07) is 13.9. The van der Waals surface area contributed by atoms with Crippen molar-refractivity contribution >= 4 is 11.6 Å². The molecule has 0 fully saturated rings. The van der Waals surface area contributed by atoms with Crippen molar-refractivity contribution in [3.8, 4) is 23.5 Å². The molecule has 1 unspecified atom stereocenters. The Bertz CT molecular complexity index is 608. The van der Waals surface area contributed by atoms with Crippen LogP contribution in [0.4, 0.5) is 0 Å². The van der Waals surface area contributed by atoms with Gasteiger partial charge in [-0.3, -0.25) is 0 Å². The predicted molar refractivity (Wildman–Crippen MR) is 80.2 cm³/mol. The van der Waals surface area contributed by atoms with Crippen LogP contribution < -0.4 is 0 Å². The lowest BCUT2D eigenvalue weighted by molar-refractivity contribution is 0.233. The highest BCUT2D eigenvalue weighted by atomic mass is 35.5. The summed E-state index contributed by atoms with van der Waals surface area (Å²) < 4.78 is 0. The molecule has 2 heteroatoms. The average Bonchev–Trinajstić information content (AvgIpc) is 2.41. The number of benzene rings is 2. The Hall–Kier alpha value is -1.75. The molecule has 0 radical (unpaired) electrons. The van der Waals surface area contributed by atoms with Crippen LogP contribution in [0.2, 0.25) is 5.02 Å². The maximum absolute atomic E-state index is 9.50. The molecular formula is C17H15ClO. The van der Waals surface area contributed by atoms with E-state index in [0.717, 1.165) is 27.3 Å². The first-order chi connectivity index (χ1) is 9.10. The van der Waals surface area contributed by atoms with Gasteiger partial charge in [0.15, 0.2) is 0 Å². The lowest BCUT2D eigenvalue weighted by atomic mass is 9.97. The fourth-order valence-electron chi connectivity index (χ4n) is 2.01. The van der Waals surface area contributed by atoms with Crippen LogP contribution in [0.25, 0.3) is 11.1 Å². The van der Waals surface area contributed by atoms with Crippen LogP contribution in [-0.4, -0.2) is 11.2 Å². The summed E-state index contributed by atoms with van der Waals surface area (Å²) >= 11 is 5.88. The van der Waals surface area contributed by atoms with Gasteiger partial charge in [-0.2, -0.15) is 0 Å². The molecular weight excluding hydrogens is 256 g/mol. The third-order valence-corrected chi connectivity index (χ3v) is 3.38. The number of hydrogen-bond acceptors (Lipinski definition) is 1. The van der Waals surface area contributed by atoms with Crippen molar-refractivity contribution in [2.24, 2.45) is 0 Å². The second-order valence-electron chi connectivity index (χ2n) is 4.53. The first-order valence-electron chi connectivity index (χ1n) is 6.10. The molecule has 0 saturated heterocycles. The van der Waals surface area contributed by atoms with E-state index in [1.807, 2.05) is 43.3 Å². The Labute approximate surface area is 118 Å². The molecule has 0 saturated carbocycles. The Morgan fingerprint density at radius 1 is 1.16 bits per heavy atom. The van der Waals surface area contributed by atoms with E-state index in [-0.39, 0.29) is 0 Å². The Morgan fingerprint density at radius 2 is 1.79 bits per heavy atom. The molecule has 0 aliphatic carbocycles. The first-order valence-corrected chi connectivity index (χ1v) is 6.47. The van der Waals surface area contributed by atoms with Crippen LogP contribution in [0.1, 0.15) is 11.1 Å². The molecule has 0 aromatic heterocycles. The van der Waals surface area contributed by atoms with Crippen molar-refractivity contribution in [2.45, 2.75) is 19.4 Å². The van der Waals surface area contributed by atoms with Crippen molar-refractivity contribution in [3.63, 3.8) is 0 Å². The normalized spacial score (nSPS) is 11.9. The average molecular weight is 271 g/mol. The topological polar surface area (TPSA) is 20.2 Å². The van der Waals surface area contributed by atoms with Crippen LogP contribution >= 0.6 is 11.6 Å². The molecule has 2 aromatic rings. The van der Waals surface area contributed by atoms with Crippen LogP contribution in [0.15, 0.2) is 42.5 Å². The minimum absolute atomic E-state index is 0.489. The second kappa shape index (κ2) is 5.93. The van der Waals surface area contributed by atoms with Crippen molar-refractivity contribution < 1.29 is 5.11 Å². The van der Waals surface area contributed by atoms with Crippen LogP contribution in [0, 0.1) is 19.3 Å². The van der Waals surface area contributed by atoms with E-state index in [1.54, 1.807) is 0 Å². The standard InChI is InChI=1S/C17H15ClO/c1-3-17(19)11-14-4-5-15(10-12(14)2)13-6-8-16(18)9-7-13/h1,4-10,17,19H,11H2,2H3. The molecule has 96 valence electrons. The molecule has 1 nitrogen and oxygen atoms in total. The fraction of sp³-hybridized carbons (Fsp3) is 0.176. The summed E-state index contributed by atoms with van der Waals surface area (Å²) in [5, 5.41) is 10.2. The third kappa shape index (κ3) is 3.38. The van der Waals surface area contributed by atoms with E-state index in [9.17, 15) is 5.11 Å².